The van der Waals surface area contributed by atoms with Crippen LogP contribution in [0.2, 0.25) is 0 Å². The molecule has 0 bridgehead atoms. The summed E-state index contributed by atoms with van der Waals surface area (Å²) in [5.41, 5.74) is 0. The average Bonchev–Trinajstić information content (AvgIpc) is 1.63. The zero-order valence-electron chi connectivity index (χ0n) is 5.46. The number of nitrogens with one attached hydrogen (secondary N) is 1. The van der Waals surface area contributed by atoms with Crippen LogP contribution < -0.4 is 5.32 Å². The van der Waals surface area contributed by atoms with Crippen LogP contribution in [-0.4, -0.2) is 28.0 Å². The van der Waals surface area contributed by atoms with E-state index >= 15 is 0 Å². The third-order valence-corrected chi connectivity index (χ3v) is 0.893. The van der Waals surface area contributed by atoms with Crippen molar-refractivity contribution < 1.29 is 15.3 Å². The highest BCUT2D eigenvalue weighted by Crippen LogP contribution is 1.87. The Bertz CT molecular complexity index is 69.1. The normalized spacial score (nSPS) is 12.0. The van der Waals surface area contributed by atoms with Crippen molar-refractivity contribution in [3.8, 4) is 0 Å². The summed E-state index contributed by atoms with van der Waals surface area (Å²) in [5.74, 6) is 0. The first-order chi connectivity index (χ1) is 4.06. The van der Waals surface area contributed by atoms with Crippen molar-refractivity contribution in [2.75, 3.05) is 6.54 Å². The molecule has 9 heavy (non-hydrogen) atoms. The van der Waals surface area contributed by atoms with E-state index in [1.807, 2.05) is 6.92 Å². The van der Waals surface area contributed by atoms with Crippen molar-refractivity contribution in [2.24, 2.45) is 0 Å². The van der Waals surface area contributed by atoms with E-state index in [2.05, 4.69) is 5.32 Å². The van der Waals surface area contributed by atoms with Gasteiger partial charge in [0, 0.05) is 6.54 Å². The van der Waals surface area contributed by atoms with Crippen molar-refractivity contribution in [3.05, 3.63) is 0 Å². The van der Waals surface area contributed by atoms with Gasteiger partial charge in [0.1, 0.15) is 0 Å². The Morgan fingerprint density at radius 3 is 2.22 bits per heavy atom. The molecule has 4 heteroatoms. The molecule has 0 aromatic heterocycles. The van der Waals surface area contributed by atoms with E-state index in [9.17, 15) is 0 Å². The van der Waals surface area contributed by atoms with E-state index < -0.39 is 6.10 Å². The zero-order valence-corrected chi connectivity index (χ0v) is 5.46. The monoisotopic (exact) mass is 135 g/mol. The minimum Gasteiger partial charge on any atom is -0.330 e. The summed E-state index contributed by atoms with van der Waals surface area (Å²) < 4.78 is 0. The highest BCUT2D eigenvalue weighted by atomic mass is 16.7. The van der Waals surface area contributed by atoms with Gasteiger partial charge >= 0.3 is 6.10 Å². The second-order valence-electron chi connectivity index (χ2n) is 1.92. The minimum atomic E-state index is -2.70. The van der Waals surface area contributed by atoms with Crippen molar-refractivity contribution in [2.45, 2.75) is 25.9 Å². The van der Waals surface area contributed by atoms with Crippen molar-refractivity contribution in [1.29, 1.82) is 0 Å². The summed E-state index contributed by atoms with van der Waals surface area (Å²) in [6.07, 6.45) is -0.943. The highest BCUT2D eigenvalue weighted by molar-refractivity contribution is 4.45. The number of unbranched alkanes of at least 4 members (excludes halogenated alkanes) is 1. The van der Waals surface area contributed by atoms with Gasteiger partial charge < -0.3 is 15.3 Å². The molecule has 0 amide bonds. The second-order valence-corrected chi connectivity index (χ2v) is 1.92. The molecule has 0 radical (unpaired) electrons. The standard InChI is InChI=1S/C5H13NO3/c1-2-3-4-6-5(7,8)9/h6-9H,2-4H2,1H3. The van der Waals surface area contributed by atoms with Crippen LogP contribution in [0.4, 0.5) is 0 Å². The maximum absolute atomic E-state index is 8.24. The van der Waals surface area contributed by atoms with Gasteiger partial charge in [0.2, 0.25) is 0 Å². The summed E-state index contributed by atoms with van der Waals surface area (Å²) in [6, 6.07) is 0. The number of aliphatic hydroxyl groups is 3. The molecule has 0 aliphatic heterocycles. The van der Waals surface area contributed by atoms with Gasteiger partial charge in [-0.25, -0.2) is 5.32 Å². The molecule has 4 N–H and O–H groups in total. The SMILES string of the molecule is CCCCNC(O)(O)O. The van der Waals surface area contributed by atoms with Gasteiger partial charge in [-0.1, -0.05) is 13.3 Å². The first kappa shape index (κ1) is 8.84. The first-order valence-corrected chi connectivity index (χ1v) is 2.98. The predicted octanol–water partition coefficient (Wildman–Crippen LogP) is -1.04. The van der Waals surface area contributed by atoms with Crippen LogP contribution >= 0.6 is 0 Å². The topological polar surface area (TPSA) is 72.7 Å². The second kappa shape index (κ2) is 3.79. The lowest BCUT2D eigenvalue weighted by molar-refractivity contribution is -0.331. The lowest BCUT2D eigenvalue weighted by atomic mass is 10.3. The van der Waals surface area contributed by atoms with E-state index in [4.69, 9.17) is 15.3 Å². The van der Waals surface area contributed by atoms with Crippen LogP contribution in [0.5, 0.6) is 0 Å². The molecule has 56 valence electrons. The maximum atomic E-state index is 8.24. The lowest BCUT2D eigenvalue weighted by Gasteiger charge is -2.14. The zero-order chi connectivity index (χ0) is 7.33. The molecule has 0 aromatic carbocycles. The third kappa shape index (κ3) is 7.84. The largest absolute Gasteiger partial charge is 0.343 e. The van der Waals surface area contributed by atoms with Crippen LogP contribution in [0, 0.1) is 0 Å². The molecule has 0 spiro atoms. The Kier molecular flexibility index (Phi) is 3.72. The van der Waals surface area contributed by atoms with Gasteiger partial charge in [-0.2, -0.15) is 0 Å². The van der Waals surface area contributed by atoms with Crippen LogP contribution in [0.15, 0.2) is 0 Å². The molecule has 0 aliphatic rings. The first-order valence-electron chi connectivity index (χ1n) is 2.98. The molecule has 0 rings (SSSR count). The van der Waals surface area contributed by atoms with Crippen LogP contribution in [0.3, 0.4) is 0 Å². The molecule has 0 atom stereocenters. The third-order valence-electron chi connectivity index (χ3n) is 0.893. The predicted molar refractivity (Wildman–Crippen MR) is 32.3 cm³/mol. The average molecular weight is 135 g/mol. The number of rotatable bonds is 4. The minimum absolute atomic E-state index is 0.403. The van der Waals surface area contributed by atoms with Gasteiger partial charge in [-0.15, -0.1) is 0 Å². The fourth-order valence-corrected chi connectivity index (χ4v) is 0.433. The van der Waals surface area contributed by atoms with Crippen molar-refractivity contribution >= 4 is 0 Å². The molecule has 4 nitrogen and oxygen atoms in total. The highest BCUT2D eigenvalue weighted by Gasteiger charge is 2.14. The molecule has 0 aliphatic carbocycles. The van der Waals surface area contributed by atoms with Crippen molar-refractivity contribution in [3.63, 3.8) is 0 Å². The molecule has 0 saturated carbocycles. The summed E-state index contributed by atoms with van der Waals surface area (Å²) >= 11 is 0. The van der Waals surface area contributed by atoms with E-state index in [0.717, 1.165) is 12.8 Å². The molecule has 0 fully saturated rings. The molecule has 0 unspecified atom stereocenters. The van der Waals surface area contributed by atoms with E-state index in [1.54, 1.807) is 0 Å². The Morgan fingerprint density at radius 2 is 1.89 bits per heavy atom. The maximum Gasteiger partial charge on any atom is 0.343 e. The summed E-state index contributed by atoms with van der Waals surface area (Å²) in [7, 11) is 0. The molecular weight excluding hydrogens is 122 g/mol. The Hall–Kier alpha value is -0.160. The smallest absolute Gasteiger partial charge is 0.330 e. The fourth-order valence-electron chi connectivity index (χ4n) is 0.433. The lowest BCUT2D eigenvalue weighted by Crippen LogP contribution is -2.45. The van der Waals surface area contributed by atoms with Crippen LogP contribution in [0.1, 0.15) is 19.8 Å². The Labute approximate surface area is 54.1 Å². The quantitative estimate of drug-likeness (QED) is 0.293. The van der Waals surface area contributed by atoms with Gasteiger partial charge in [-0.3, -0.25) is 0 Å². The molecular formula is C5H13NO3. The van der Waals surface area contributed by atoms with Crippen molar-refractivity contribution in [1.82, 2.24) is 5.32 Å². The summed E-state index contributed by atoms with van der Waals surface area (Å²) in [6.45, 7) is 2.37. The fraction of sp³-hybridized carbons (Fsp3) is 1.00. The Balaban J connectivity index is 3.07. The van der Waals surface area contributed by atoms with Crippen LogP contribution in [0.25, 0.3) is 0 Å². The Morgan fingerprint density at radius 1 is 1.33 bits per heavy atom. The molecule has 0 heterocycles. The molecule has 0 aromatic rings. The van der Waals surface area contributed by atoms with E-state index in [1.165, 1.54) is 0 Å². The van der Waals surface area contributed by atoms with E-state index in [-0.39, 0.29) is 0 Å². The van der Waals surface area contributed by atoms with Gasteiger partial charge in [0.05, 0.1) is 0 Å². The van der Waals surface area contributed by atoms with Gasteiger partial charge in [0.15, 0.2) is 0 Å². The number of hydrogen-bond acceptors (Lipinski definition) is 4. The van der Waals surface area contributed by atoms with Gasteiger partial charge in [-0.05, 0) is 6.42 Å². The van der Waals surface area contributed by atoms with Gasteiger partial charge in [0.25, 0.3) is 0 Å². The molecule has 0 saturated heterocycles. The van der Waals surface area contributed by atoms with E-state index in [0.29, 0.717) is 6.54 Å². The summed E-state index contributed by atoms with van der Waals surface area (Å²) in [4.78, 5) is 0. The summed E-state index contributed by atoms with van der Waals surface area (Å²) in [5, 5.41) is 26.8. The van der Waals surface area contributed by atoms with Crippen LogP contribution in [-0.2, 0) is 0 Å². The number of hydrogen-bond donors (Lipinski definition) is 4.